The molecule has 0 spiro atoms. The summed E-state index contributed by atoms with van der Waals surface area (Å²) in [5.41, 5.74) is 6.98. The van der Waals surface area contributed by atoms with E-state index >= 15 is 4.39 Å². The molecule has 2 aliphatic rings. The molecule has 1 unspecified atom stereocenters. The number of anilines is 1. The third-order valence-electron chi connectivity index (χ3n) is 7.98. The number of halogens is 3. The van der Waals surface area contributed by atoms with E-state index in [1.807, 2.05) is 0 Å². The van der Waals surface area contributed by atoms with Gasteiger partial charge in [0, 0.05) is 31.3 Å². The van der Waals surface area contributed by atoms with E-state index in [0.717, 1.165) is 38.1 Å². The second-order valence-electron chi connectivity index (χ2n) is 10.9. The van der Waals surface area contributed by atoms with Gasteiger partial charge in [0.2, 0.25) is 5.82 Å². The van der Waals surface area contributed by atoms with Crippen LogP contribution in [0.25, 0.3) is 22.3 Å². The summed E-state index contributed by atoms with van der Waals surface area (Å²) in [5, 5.41) is 18.1. The Balaban J connectivity index is 1.30. The molecular formula is C31H29F3N8O2. The lowest BCUT2D eigenvalue weighted by Gasteiger charge is -2.33. The van der Waals surface area contributed by atoms with Crippen molar-refractivity contribution in [3.05, 3.63) is 71.8 Å². The first-order valence-corrected chi connectivity index (χ1v) is 14.4. The number of nitrogens with one attached hydrogen (secondary N) is 1. The predicted octanol–water partition coefficient (Wildman–Crippen LogP) is 4.90. The topological polar surface area (TPSA) is 135 Å². The highest BCUT2D eigenvalue weighted by Gasteiger charge is 2.31. The molecule has 6 rings (SSSR count). The van der Waals surface area contributed by atoms with Gasteiger partial charge in [-0.3, -0.25) is 4.79 Å². The number of hydrogen-bond acceptors (Lipinski definition) is 8. The smallest absolute Gasteiger partial charge is 0.264 e. The monoisotopic (exact) mass is 602 g/mol. The Bertz CT molecular complexity index is 1790. The van der Waals surface area contributed by atoms with Gasteiger partial charge in [-0.15, -0.1) is 0 Å². The molecule has 0 saturated carbocycles. The number of likely N-dealkylation sites (tertiary alicyclic amines) is 1. The van der Waals surface area contributed by atoms with Gasteiger partial charge < -0.3 is 20.7 Å². The Morgan fingerprint density at radius 3 is 2.77 bits per heavy atom. The number of ether oxygens (including phenoxy) is 1. The van der Waals surface area contributed by atoms with Crippen LogP contribution in [0.3, 0.4) is 0 Å². The second-order valence-corrected chi connectivity index (χ2v) is 10.9. The SMILES string of the molecule is N#C/C(=C/C1CCCNC1)C(=O)N1CCC[C@@H](n2nc(-c3ccc(Oc4cccc(F)c4F)cc3F)c3c(N)ncnc32)C1. The summed E-state index contributed by atoms with van der Waals surface area (Å²) < 4.78 is 50.3. The van der Waals surface area contributed by atoms with Crippen molar-refractivity contribution in [1.82, 2.24) is 30.0 Å². The minimum absolute atomic E-state index is 0.0458. The van der Waals surface area contributed by atoms with Crippen LogP contribution in [0.2, 0.25) is 0 Å². The molecule has 4 aromatic rings. The first-order chi connectivity index (χ1) is 21.3. The fourth-order valence-electron chi connectivity index (χ4n) is 5.80. The van der Waals surface area contributed by atoms with E-state index in [9.17, 15) is 18.8 Å². The van der Waals surface area contributed by atoms with Gasteiger partial charge in [-0.25, -0.2) is 23.4 Å². The highest BCUT2D eigenvalue weighted by molar-refractivity contribution is 5.99. The lowest BCUT2D eigenvalue weighted by molar-refractivity contribution is -0.128. The van der Waals surface area contributed by atoms with Gasteiger partial charge in [0.15, 0.2) is 17.2 Å². The largest absolute Gasteiger partial charge is 0.454 e. The average Bonchev–Trinajstić information content (AvgIpc) is 3.43. The summed E-state index contributed by atoms with van der Waals surface area (Å²) in [6.07, 6.45) is 6.29. The molecule has 226 valence electrons. The van der Waals surface area contributed by atoms with Crippen molar-refractivity contribution in [2.75, 3.05) is 31.9 Å². The van der Waals surface area contributed by atoms with E-state index in [0.29, 0.717) is 30.4 Å². The zero-order chi connectivity index (χ0) is 30.8. The van der Waals surface area contributed by atoms with Gasteiger partial charge in [0.1, 0.15) is 41.0 Å². The maximum Gasteiger partial charge on any atom is 0.264 e. The Kier molecular flexibility index (Phi) is 8.17. The molecule has 2 aromatic heterocycles. The van der Waals surface area contributed by atoms with Gasteiger partial charge in [-0.05, 0) is 62.4 Å². The Morgan fingerprint density at radius 1 is 1.14 bits per heavy atom. The van der Waals surface area contributed by atoms with E-state index in [2.05, 4.69) is 21.4 Å². The summed E-state index contributed by atoms with van der Waals surface area (Å²) in [7, 11) is 0. The number of amides is 1. The van der Waals surface area contributed by atoms with Crippen LogP contribution in [0.15, 0.2) is 54.4 Å². The molecule has 13 heteroatoms. The molecule has 0 aliphatic carbocycles. The third-order valence-corrected chi connectivity index (χ3v) is 7.98. The zero-order valence-electron chi connectivity index (χ0n) is 23.6. The molecule has 0 radical (unpaired) electrons. The molecule has 3 N–H and O–H groups in total. The summed E-state index contributed by atoms with van der Waals surface area (Å²) in [6, 6.07) is 9.09. The first-order valence-electron chi connectivity index (χ1n) is 14.4. The fourth-order valence-corrected chi connectivity index (χ4v) is 5.80. The maximum atomic E-state index is 15.5. The van der Waals surface area contributed by atoms with Crippen LogP contribution >= 0.6 is 0 Å². The second kappa shape index (κ2) is 12.3. The lowest BCUT2D eigenvalue weighted by Crippen LogP contribution is -2.41. The molecule has 4 heterocycles. The third kappa shape index (κ3) is 5.68. The van der Waals surface area contributed by atoms with Crippen molar-refractivity contribution in [3.63, 3.8) is 0 Å². The number of hydrogen-bond donors (Lipinski definition) is 2. The number of carbonyl (C=O) groups is 1. The number of nitrogen functional groups attached to an aromatic ring is 1. The van der Waals surface area contributed by atoms with Crippen LogP contribution in [0.5, 0.6) is 11.5 Å². The number of carbonyl (C=O) groups excluding carboxylic acids is 1. The fraction of sp³-hybridized carbons (Fsp3) is 0.323. The molecule has 1 amide bonds. The van der Waals surface area contributed by atoms with E-state index in [1.54, 1.807) is 15.7 Å². The van der Waals surface area contributed by atoms with E-state index < -0.39 is 17.5 Å². The number of benzene rings is 2. The number of nitrogens with two attached hydrogens (primary N) is 1. The molecule has 2 atom stereocenters. The molecule has 0 bridgehead atoms. The highest BCUT2D eigenvalue weighted by atomic mass is 19.2. The minimum atomic E-state index is -1.19. The van der Waals surface area contributed by atoms with Crippen LogP contribution < -0.4 is 15.8 Å². The van der Waals surface area contributed by atoms with Crippen molar-refractivity contribution in [1.29, 1.82) is 5.26 Å². The van der Waals surface area contributed by atoms with Crippen molar-refractivity contribution in [2.24, 2.45) is 5.92 Å². The van der Waals surface area contributed by atoms with Gasteiger partial charge in [-0.1, -0.05) is 12.1 Å². The highest BCUT2D eigenvalue weighted by Crippen LogP contribution is 2.37. The van der Waals surface area contributed by atoms with E-state index in [-0.39, 0.29) is 58.6 Å². The van der Waals surface area contributed by atoms with Gasteiger partial charge in [0.05, 0.1) is 11.4 Å². The number of nitrogens with zero attached hydrogens (tertiary/aromatic N) is 6. The summed E-state index contributed by atoms with van der Waals surface area (Å²) in [5.74, 6) is -3.55. The summed E-state index contributed by atoms with van der Waals surface area (Å²) >= 11 is 0. The number of piperidine rings is 2. The number of aromatic nitrogens is 4. The molecule has 2 aliphatic heterocycles. The van der Waals surface area contributed by atoms with Crippen molar-refractivity contribution < 1.29 is 22.7 Å². The van der Waals surface area contributed by atoms with Crippen LogP contribution in [0.4, 0.5) is 19.0 Å². The van der Waals surface area contributed by atoms with Gasteiger partial charge in [0.25, 0.3) is 5.91 Å². The quantitative estimate of drug-likeness (QED) is 0.235. The maximum absolute atomic E-state index is 15.5. The number of nitriles is 1. The van der Waals surface area contributed by atoms with Crippen molar-refractivity contribution in [2.45, 2.75) is 31.7 Å². The molecule has 2 aromatic carbocycles. The molecule has 2 fully saturated rings. The molecule has 2 saturated heterocycles. The first kappa shape index (κ1) is 29.1. The Morgan fingerprint density at radius 2 is 2.00 bits per heavy atom. The zero-order valence-corrected chi connectivity index (χ0v) is 23.6. The lowest BCUT2D eigenvalue weighted by atomic mass is 9.96. The minimum Gasteiger partial charge on any atom is -0.454 e. The van der Waals surface area contributed by atoms with Crippen LogP contribution in [-0.4, -0.2) is 56.7 Å². The average molecular weight is 603 g/mol. The van der Waals surface area contributed by atoms with E-state index in [4.69, 9.17) is 15.6 Å². The van der Waals surface area contributed by atoms with Crippen molar-refractivity contribution in [3.8, 4) is 28.8 Å². The van der Waals surface area contributed by atoms with Crippen LogP contribution in [0.1, 0.15) is 31.7 Å². The Hall–Kier alpha value is -4.96. The predicted molar refractivity (Wildman–Crippen MR) is 156 cm³/mol. The summed E-state index contributed by atoms with van der Waals surface area (Å²) in [6.45, 7) is 2.42. The van der Waals surface area contributed by atoms with Crippen molar-refractivity contribution >= 4 is 22.8 Å². The van der Waals surface area contributed by atoms with Gasteiger partial charge >= 0.3 is 0 Å². The standard InChI is InChI=1S/C31H29F3N8O2/c32-23-6-1-7-25(27(23)34)44-21-8-9-22(24(33)13-21)28-26-29(36)38-17-39-30(26)42(40-28)20-5-3-11-41(16-20)31(43)19(14-35)12-18-4-2-10-37-15-18/h1,6-9,12-13,17-18,20,37H,2-5,10-11,15-16H2,(H2,36,38,39)/b19-12-/t18?,20-/m1/s1. The molecule has 10 nitrogen and oxygen atoms in total. The number of rotatable bonds is 6. The van der Waals surface area contributed by atoms with Gasteiger partial charge in [-0.2, -0.15) is 14.8 Å². The van der Waals surface area contributed by atoms with E-state index in [1.165, 1.54) is 30.6 Å². The summed E-state index contributed by atoms with van der Waals surface area (Å²) in [4.78, 5) is 23.5. The number of fused-ring (bicyclic) bond motifs is 1. The Labute approximate surface area is 250 Å². The normalized spacial score (nSPS) is 19.1. The van der Waals surface area contributed by atoms with Crippen LogP contribution in [0, 0.1) is 34.7 Å². The molecule has 44 heavy (non-hydrogen) atoms. The van der Waals surface area contributed by atoms with Crippen LogP contribution in [-0.2, 0) is 4.79 Å². The molecular weight excluding hydrogens is 573 g/mol.